The maximum Gasteiger partial charge on any atom is 0.257 e. The zero-order chi connectivity index (χ0) is 14.3. The predicted octanol–water partition coefficient (Wildman–Crippen LogP) is 0.709. The minimum atomic E-state index is -2.70. The molecule has 116 valence electrons. The van der Waals surface area contributed by atoms with Gasteiger partial charge in [0.15, 0.2) is 0 Å². The van der Waals surface area contributed by atoms with Gasteiger partial charge < -0.3 is 0 Å². The summed E-state index contributed by atoms with van der Waals surface area (Å²) in [6.07, 6.45) is 2.57. The van der Waals surface area contributed by atoms with Gasteiger partial charge in [-0.15, -0.1) is 0 Å². The maximum atomic E-state index is 10.1. The second-order valence-electron chi connectivity index (χ2n) is 3.40. The van der Waals surface area contributed by atoms with Crippen LogP contribution in [0.1, 0.15) is 19.3 Å². The number of hydrogen-bond acceptors (Lipinski definition) is 8. The molecule has 0 aromatic heterocycles. The first kappa shape index (κ1) is 19.5. The lowest BCUT2D eigenvalue weighted by Gasteiger charge is -2.02. The second kappa shape index (κ2) is 14.9. The van der Waals surface area contributed by atoms with Crippen molar-refractivity contribution in [3.63, 3.8) is 0 Å². The summed E-state index contributed by atoms with van der Waals surface area (Å²) in [7, 11) is -5.41. The molecule has 0 aromatic rings. The molecule has 0 amide bonds. The van der Waals surface area contributed by atoms with Crippen molar-refractivity contribution < 1.29 is 25.2 Å². The molecule has 10 heteroatoms. The van der Waals surface area contributed by atoms with Gasteiger partial charge in [-0.3, -0.25) is 8.37 Å². The molecule has 19 heavy (non-hydrogen) atoms. The minimum Gasteiger partial charge on any atom is -0.272 e. The van der Waals surface area contributed by atoms with Gasteiger partial charge in [0.25, 0.3) is 22.0 Å². The summed E-state index contributed by atoms with van der Waals surface area (Å²) in [6, 6.07) is 0. The molecule has 6 nitrogen and oxygen atoms in total. The molecule has 0 saturated heterocycles. The summed E-state index contributed by atoms with van der Waals surface area (Å²) < 4.78 is 49.2. The fraction of sp³-hybridized carbons (Fsp3) is 1.00. The van der Waals surface area contributed by atoms with Crippen molar-refractivity contribution in [3.8, 4) is 0 Å². The van der Waals surface area contributed by atoms with Crippen molar-refractivity contribution in [2.24, 2.45) is 0 Å². The third kappa shape index (κ3) is 18.5. The van der Waals surface area contributed by atoms with E-state index in [2.05, 4.69) is 8.37 Å². The Morgan fingerprint density at radius 1 is 0.632 bits per heavy atom. The first-order chi connectivity index (χ1) is 9.13. The van der Waals surface area contributed by atoms with Crippen LogP contribution in [0.15, 0.2) is 0 Å². The monoisotopic (exact) mass is 352 g/mol. The Hall–Kier alpha value is 0.520. The van der Waals surface area contributed by atoms with Crippen molar-refractivity contribution >= 4 is 45.5 Å². The van der Waals surface area contributed by atoms with Crippen molar-refractivity contribution in [1.29, 1.82) is 0 Å². The van der Waals surface area contributed by atoms with E-state index in [9.17, 15) is 16.8 Å². The summed E-state index contributed by atoms with van der Waals surface area (Å²) in [5.41, 5.74) is 0. The molecule has 0 aliphatic heterocycles. The Balaban J connectivity index is 3.02. The summed E-state index contributed by atoms with van der Waals surface area (Å²) >= 11 is 3.56. The Labute approximate surface area is 126 Å². The average molecular weight is 353 g/mol. The Morgan fingerprint density at radius 3 is 1.37 bits per heavy atom. The van der Waals surface area contributed by atoms with E-state index < -0.39 is 22.0 Å². The highest BCUT2D eigenvalue weighted by Crippen LogP contribution is 2.10. The van der Waals surface area contributed by atoms with Crippen molar-refractivity contribution in [2.45, 2.75) is 19.3 Å². The topological polar surface area (TPSA) is 86.7 Å². The molecule has 0 saturated carbocycles. The lowest BCUT2D eigenvalue weighted by molar-refractivity contribution is 0.333. The van der Waals surface area contributed by atoms with Crippen LogP contribution >= 0.6 is 23.5 Å². The summed E-state index contributed by atoms with van der Waals surface area (Å²) in [6.45, 7) is 0.533. The molecule has 0 aromatic carbocycles. The highest BCUT2D eigenvalue weighted by molar-refractivity contribution is 8.00. The summed E-state index contributed by atoms with van der Waals surface area (Å²) in [5, 5.41) is 0. The fourth-order valence-corrected chi connectivity index (χ4v) is 3.56. The van der Waals surface area contributed by atoms with E-state index in [4.69, 9.17) is 0 Å². The SMILES string of the molecule is O=[SH](=O)OCCCSCCCSCCCO[SH](=O)=O. The van der Waals surface area contributed by atoms with E-state index in [1.165, 1.54) is 0 Å². The third-order valence-electron chi connectivity index (χ3n) is 1.84. The van der Waals surface area contributed by atoms with E-state index in [1.54, 1.807) is 23.5 Å². The van der Waals surface area contributed by atoms with E-state index in [1.807, 2.05) is 0 Å². The van der Waals surface area contributed by atoms with Gasteiger partial charge in [-0.25, -0.2) is 16.8 Å². The first-order valence-electron chi connectivity index (χ1n) is 5.83. The molecule has 0 aliphatic rings. The van der Waals surface area contributed by atoms with Gasteiger partial charge in [-0.1, -0.05) is 0 Å². The van der Waals surface area contributed by atoms with E-state index in [-0.39, 0.29) is 13.2 Å². The predicted molar refractivity (Wildman–Crippen MR) is 81.0 cm³/mol. The lowest BCUT2D eigenvalue weighted by atomic mass is 10.5. The Kier molecular flexibility index (Phi) is 15.3. The molecule has 0 unspecified atom stereocenters. The molecule has 0 N–H and O–H groups in total. The van der Waals surface area contributed by atoms with Crippen LogP contribution in [-0.2, 0) is 30.3 Å². The minimum absolute atomic E-state index is 0.266. The number of rotatable bonds is 14. The van der Waals surface area contributed by atoms with Gasteiger partial charge in [0.1, 0.15) is 0 Å². The van der Waals surface area contributed by atoms with Crippen LogP contribution in [0.3, 0.4) is 0 Å². The number of hydrogen-bond donors (Lipinski definition) is 2. The molecule has 0 atom stereocenters. The van der Waals surface area contributed by atoms with Crippen LogP contribution in [0.25, 0.3) is 0 Å². The Bertz CT molecular complexity index is 294. The van der Waals surface area contributed by atoms with Gasteiger partial charge in [-0.2, -0.15) is 23.5 Å². The summed E-state index contributed by atoms with van der Waals surface area (Å²) in [5.74, 6) is 3.88. The largest absolute Gasteiger partial charge is 0.272 e. The normalized spacial score (nSPS) is 11.5. The lowest BCUT2D eigenvalue weighted by Crippen LogP contribution is -1.96. The number of thioether (sulfide) groups is 2. The average Bonchev–Trinajstić information content (AvgIpc) is 2.34. The second-order valence-corrected chi connectivity index (χ2v) is 7.26. The van der Waals surface area contributed by atoms with E-state index in [0.29, 0.717) is 0 Å². The van der Waals surface area contributed by atoms with Gasteiger partial charge in [0.05, 0.1) is 13.2 Å². The zero-order valence-electron chi connectivity index (χ0n) is 10.5. The van der Waals surface area contributed by atoms with Gasteiger partial charge in [0, 0.05) is 0 Å². The molecule has 0 fully saturated rings. The quantitative estimate of drug-likeness (QED) is 0.349. The molecule has 0 radical (unpaired) electrons. The zero-order valence-corrected chi connectivity index (χ0v) is 13.9. The highest BCUT2D eigenvalue weighted by Gasteiger charge is 1.94. The molecular formula is C9H20O6S4. The van der Waals surface area contributed by atoms with Crippen molar-refractivity contribution in [1.82, 2.24) is 0 Å². The van der Waals surface area contributed by atoms with Crippen LogP contribution in [0.5, 0.6) is 0 Å². The molecule has 0 heterocycles. The molecule has 0 spiro atoms. The van der Waals surface area contributed by atoms with Crippen LogP contribution in [-0.4, -0.2) is 53.1 Å². The molecule has 0 aliphatic carbocycles. The van der Waals surface area contributed by atoms with E-state index >= 15 is 0 Å². The smallest absolute Gasteiger partial charge is 0.257 e. The van der Waals surface area contributed by atoms with Crippen molar-refractivity contribution in [2.75, 3.05) is 36.2 Å². The number of thiol groups is 2. The summed E-state index contributed by atoms with van der Waals surface area (Å²) in [4.78, 5) is 0. The van der Waals surface area contributed by atoms with Gasteiger partial charge in [0.2, 0.25) is 0 Å². The van der Waals surface area contributed by atoms with Crippen LogP contribution in [0.4, 0.5) is 0 Å². The maximum absolute atomic E-state index is 10.1. The Morgan fingerprint density at radius 2 is 1.00 bits per heavy atom. The molecular weight excluding hydrogens is 332 g/mol. The molecule has 0 bridgehead atoms. The van der Waals surface area contributed by atoms with Gasteiger partial charge >= 0.3 is 0 Å². The van der Waals surface area contributed by atoms with E-state index in [0.717, 1.165) is 42.3 Å². The molecule has 0 rings (SSSR count). The fourth-order valence-electron chi connectivity index (χ4n) is 1.07. The first-order valence-corrected chi connectivity index (χ1v) is 10.3. The standard InChI is InChI=1S/C9H20O6S4/c10-18(11)14-4-1-6-16-8-3-9-17-7-2-5-15-19(12)13/h18-19H,1-9H2. The van der Waals surface area contributed by atoms with Crippen LogP contribution in [0, 0.1) is 0 Å². The van der Waals surface area contributed by atoms with Crippen molar-refractivity contribution in [3.05, 3.63) is 0 Å². The highest BCUT2D eigenvalue weighted by atomic mass is 32.2. The van der Waals surface area contributed by atoms with Crippen LogP contribution in [0.2, 0.25) is 0 Å². The third-order valence-corrected chi connectivity index (χ3v) is 4.93. The van der Waals surface area contributed by atoms with Crippen LogP contribution < -0.4 is 0 Å². The van der Waals surface area contributed by atoms with Gasteiger partial charge in [-0.05, 0) is 42.3 Å².